The van der Waals surface area contributed by atoms with Crippen molar-refractivity contribution in [3.8, 4) is 5.88 Å². The molecule has 0 saturated carbocycles. The molecule has 0 aliphatic rings. The molecule has 0 N–H and O–H groups in total. The van der Waals surface area contributed by atoms with Crippen LogP contribution in [-0.2, 0) is 9.84 Å². The summed E-state index contributed by atoms with van der Waals surface area (Å²) >= 11 is 0. The van der Waals surface area contributed by atoms with Crippen LogP contribution in [0.4, 0.5) is 13.2 Å². The lowest BCUT2D eigenvalue weighted by Crippen LogP contribution is -2.18. The molecule has 5 nitrogen and oxygen atoms in total. The standard InChI is InChI=1S/C20H14F3NO4S/c1-11-10-12(2)24-19(18(11)29(26,27)13-6-4-3-5-7-13)28-20(25)16-14(21)8-9-15(22)17(16)23/h3-10H,1-2H3. The van der Waals surface area contributed by atoms with E-state index >= 15 is 0 Å². The predicted molar refractivity (Wildman–Crippen MR) is 96.9 cm³/mol. The first-order valence-corrected chi connectivity index (χ1v) is 9.75. The van der Waals surface area contributed by atoms with Gasteiger partial charge in [-0.05, 0) is 49.7 Å². The summed E-state index contributed by atoms with van der Waals surface area (Å²) in [6, 6.07) is 9.85. The molecule has 0 radical (unpaired) electrons. The molecular formula is C20H14F3NO4S. The van der Waals surface area contributed by atoms with E-state index in [-0.39, 0.29) is 10.5 Å². The van der Waals surface area contributed by atoms with Gasteiger partial charge >= 0.3 is 5.97 Å². The maximum atomic E-state index is 13.9. The quantitative estimate of drug-likeness (QED) is 0.467. The smallest absolute Gasteiger partial charge is 0.351 e. The zero-order valence-electron chi connectivity index (χ0n) is 15.2. The summed E-state index contributed by atoms with van der Waals surface area (Å²) in [5, 5.41) is 0. The molecule has 3 aromatic rings. The summed E-state index contributed by atoms with van der Waals surface area (Å²) in [5.74, 6) is -6.82. The van der Waals surface area contributed by atoms with Crippen LogP contribution in [0.3, 0.4) is 0 Å². The fraction of sp³-hybridized carbons (Fsp3) is 0.100. The maximum absolute atomic E-state index is 13.9. The Hall–Kier alpha value is -3.20. The summed E-state index contributed by atoms with van der Waals surface area (Å²) in [5.41, 5.74) is -0.768. The molecular weight excluding hydrogens is 407 g/mol. The van der Waals surface area contributed by atoms with Crippen molar-refractivity contribution in [2.75, 3.05) is 0 Å². The number of benzene rings is 2. The molecule has 150 valence electrons. The molecule has 29 heavy (non-hydrogen) atoms. The Morgan fingerprint density at radius 2 is 1.59 bits per heavy atom. The first kappa shape index (κ1) is 20.5. The number of carbonyl (C=O) groups is 1. The van der Waals surface area contributed by atoms with Crippen molar-refractivity contribution in [3.63, 3.8) is 0 Å². The second-order valence-corrected chi connectivity index (χ2v) is 8.03. The molecule has 0 atom stereocenters. The number of hydrogen-bond donors (Lipinski definition) is 0. The third-order valence-corrected chi connectivity index (χ3v) is 5.94. The van der Waals surface area contributed by atoms with E-state index in [1.807, 2.05) is 0 Å². The van der Waals surface area contributed by atoms with Gasteiger partial charge < -0.3 is 4.74 Å². The number of aryl methyl sites for hydroxylation is 2. The number of halogens is 3. The van der Waals surface area contributed by atoms with E-state index in [9.17, 15) is 26.4 Å². The van der Waals surface area contributed by atoms with Crippen LogP contribution in [0, 0.1) is 31.3 Å². The van der Waals surface area contributed by atoms with Crippen LogP contribution in [0.15, 0.2) is 58.3 Å². The average Bonchev–Trinajstić information content (AvgIpc) is 2.65. The summed E-state index contributed by atoms with van der Waals surface area (Å²) < 4.78 is 72.3. The Kier molecular flexibility index (Phi) is 5.43. The maximum Gasteiger partial charge on any atom is 0.351 e. The Bertz CT molecular complexity index is 1210. The van der Waals surface area contributed by atoms with Gasteiger partial charge in [0.25, 0.3) is 0 Å². The van der Waals surface area contributed by atoms with Crippen molar-refractivity contribution in [3.05, 3.63) is 82.8 Å². The highest BCUT2D eigenvalue weighted by Crippen LogP contribution is 2.32. The molecule has 1 heterocycles. The lowest BCUT2D eigenvalue weighted by molar-refractivity contribution is 0.0710. The van der Waals surface area contributed by atoms with E-state index < -0.39 is 49.6 Å². The Labute approximate surface area is 164 Å². The van der Waals surface area contributed by atoms with Crippen LogP contribution in [0.2, 0.25) is 0 Å². The molecule has 1 aromatic heterocycles. The predicted octanol–water partition coefficient (Wildman–Crippen LogP) is 4.17. The van der Waals surface area contributed by atoms with Gasteiger partial charge in [0, 0.05) is 5.69 Å². The van der Waals surface area contributed by atoms with E-state index in [2.05, 4.69) is 4.98 Å². The van der Waals surface area contributed by atoms with Gasteiger partial charge in [-0.15, -0.1) is 0 Å². The van der Waals surface area contributed by atoms with Crippen molar-refractivity contribution in [2.45, 2.75) is 23.6 Å². The molecule has 9 heteroatoms. The fourth-order valence-corrected chi connectivity index (χ4v) is 4.31. The monoisotopic (exact) mass is 421 g/mol. The first-order valence-electron chi connectivity index (χ1n) is 8.27. The lowest BCUT2D eigenvalue weighted by Gasteiger charge is -2.14. The van der Waals surface area contributed by atoms with Crippen molar-refractivity contribution in [2.24, 2.45) is 0 Å². The van der Waals surface area contributed by atoms with E-state index in [4.69, 9.17) is 4.74 Å². The zero-order chi connectivity index (χ0) is 21.3. The van der Waals surface area contributed by atoms with Gasteiger partial charge in [0.1, 0.15) is 16.3 Å². The molecule has 0 bridgehead atoms. The highest BCUT2D eigenvalue weighted by molar-refractivity contribution is 7.91. The Morgan fingerprint density at radius 1 is 0.966 bits per heavy atom. The number of esters is 1. The number of sulfone groups is 1. The number of ether oxygens (including phenoxy) is 1. The Morgan fingerprint density at radius 3 is 2.24 bits per heavy atom. The largest absolute Gasteiger partial charge is 0.402 e. The van der Waals surface area contributed by atoms with Crippen molar-refractivity contribution >= 4 is 15.8 Å². The third kappa shape index (κ3) is 3.86. The van der Waals surface area contributed by atoms with Gasteiger partial charge in [0.05, 0.1) is 4.90 Å². The average molecular weight is 421 g/mol. The van der Waals surface area contributed by atoms with Crippen LogP contribution in [0.1, 0.15) is 21.6 Å². The van der Waals surface area contributed by atoms with Gasteiger partial charge in [0.15, 0.2) is 11.6 Å². The van der Waals surface area contributed by atoms with E-state index in [1.54, 1.807) is 6.07 Å². The van der Waals surface area contributed by atoms with Crippen LogP contribution < -0.4 is 4.74 Å². The van der Waals surface area contributed by atoms with Gasteiger partial charge in [-0.3, -0.25) is 0 Å². The van der Waals surface area contributed by atoms with Crippen molar-refractivity contribution in [1.82, 2.24) is 4.98 Å². The second-order valence-electron chi connectivity index (χ2n) is 6.14. The highest BCUT2D eigenvalue weighted by Gasteiger charge is 2.30. The topological polar surface area (TPSA) is 73.3 Å². The molecule has 0 amide bonds. The first-order chi connectivity index (χ1) is 13.6. The normalized spacial score (nSPS) is 11.3. The van der Waals surface area contributed by atoms with Crippen LogP contribution in [0.5, 0.6) is 5.88 Å². The minimum Gasteiger partial charge on any atom is -0.402 e. The van der Waals surface area contributed by atoms with Gasteiger partial charge in [-0.25, -0.2) is 31.4 Å². The molecule has 0 aliphatic heterocycles. The number of hydrogen-bond acceptors (Lipinski definition) is 5. The van der Waals surface area contributed by atoms with Crippen molar-refractivity contribution in [1.29, 1.82) is 0 Å². The van der Waals surface area contributed by atoms with Gasteiger partial charge in [-0.2, -0.15) is 0 Å². The number of aromatic nitrogens is 1. The van der Waals surface area contributed by atoms with Crippen LogP contribution in [0.25, 0.3) is 0 Å². The van der Waals surface area contributed by atoms with Crippen molar-refractivity contribution < 1.29 is 31.1 Å². The molecule has 2 aromatic carbocycles. The van der Waals surface area contributed by atoms with E-state index in [1.165, 1.54) is 44.2 Å². The van der Waals surface area contributed by atoms with Crippen LogP contribution in [-0.4, -0.2) is 19.4 Å². The number of rotatable bonds is 4. The van der Waals surface area contributed by atoms with E-state index in [0.29, 0.717) is 17.8 Å². The minimum atomic E-state index is -4.17. The SMILES string of the molecule is Cc1cc(C)c(S(=O)(=O)c2ccccc2)c(OC(=O)c2c(F)ccc(F)c2F)n1. The molecule has 0 aliphatic carbocycles. The van der Waals surface area contributed by atoms with Gasteiger partial charge in [0.2, 0.25) is 15.7 Å². The van der Waals surface area contributed by atoms with Crippen LogP contribution >= 0.6 is 0 Å². The van der Waals surface area contributed by atoms with E-state index in [0.717, 1.165) is 0 Å². The highest BCUT2D eigenvalue weighted by atomic mass is 32.2. The molecule has 0 unspecified atom stereocenters. The second kappa shape index (κ2) is 7.67. The molecule has 0 saturated heterocycles. The summed E-state index contributed by atoms with van der Waals surface area (Å²) in [4.78, 5) is 15.7. The number of pyridine rings is 1. The summed E-state index contributed by atoms with van der Waals surface area (Å²) in [6.07, 6.45) is 0. The Balaban J connectivity index is 2.15. The minimum absolute atomic E-state index is 0.0887. The van der Waals surface area contributed by atoms with Gasteiger partial charge in [-0.1, -0.05) is 18.2 Å². The number of nitrogens with zero attached hydrogens (tertiary/aromatic N) is 1. The zero-order valence-corrected chi connectivity index (χ0v) is 16.1. The third-order valence-electron chi connectivity index (χ3n) is 4.02. The molecule has 3 rings (SSSR count). The molecule has 0 spiro atoms. The number of carbonyl (C=O) groups excluding carboxylic acids is 1. The fourth-order valence-electron chi connectivity index (χ4n) is 2.76. The summed E-state index contributed by atoms with van der Waals surface area (Å²) in [6.45, 7) is 2.98. The summed E-state index contributed by atoms with van der Waals surface area (Å²) in [7, 11) is -4.17. The lowest BCUT2D eigenvalue weighted by atomic mass is 10.2. The molecule has 0 fully saturated rings.